The summed E-state index contributed by atoms with van der Waals surface area (Å²) in [7, 11) is 0. The Labute approximate surface area is 96.0 Å². The highest BCUT2D eigenvalue weighted by molar-refractivity contribution is 5.40. The molecule has 1 aliphatic heterocycles. The third-order valence-corrected chi connectivity index (χ3v) is 3.14. The van der Waals surface area contributed by atoms with Gasteiger partial charge in [-0.3, -0.25) is 0 Å². The van der Waals surface area contributed by atoms with Crippen molar-refractivity contribution < 1.29 is 14.6 Å². The molecule has 3 unspecified atom stereocenters. The van der Waals surface area contributed by atoms with Gasteiger partial charge >= 0.3 is 0 Å². The molecule has 0 aliphatic carbocycles. The molecule has 0 amide bonds. The number of benzene rings is 1. The molecule has 1 aliphatic rings. The first-order valence-electron chi connectivity index (χ1n) is 5.79. The molecule has 2 rings (SSSR count). The first-order valence-corrected chi connectivity index (χ1v) is 5.79. The molecule has 0 saturated heterocycles. The molecule has 3 atom stereocenters. The lowest BCUT2D eigenvalue weighted by Crippen LogP contribution is -2.42. The van der Waals surface area contributed by atoms with Crippen LogP contribution in [-0.2, 0) is 0 Å². The Kier molecular flexibility index (Phi) is 3.34. The van der Waals surface area contributed by atoms with E-state index in [1.54, 1.807) is 0 Å². The second kappa shape index (κ2) is 4.74. The highest BCUT2D eigenvalue weighted by Gasteiger charge is 2.30. The number of para-hydroxylation sites is 2. The normalized spacial score (nSPS) is 22.6. The monoisotopic (exact) mass is 222 g/mol. The lowest BCUT2D eigenvalue weighted by Gasteiger charge is -2.32. The van der Waals surface area contributed by atoms with Crippen molar-refractivity contribution in [2.45, 2.75) is 32.5 Å². The molecule has 0 aromatic heterocycles. The number of aliphatic hydroxyl groups is 1. The Morgan fingerprint density at radius 1 is 1.38 bits per heavy atom. The summed E-state index contributed by atoms with van der Waals surface area (Å²) in [6, 6.07) is 7.56. The van der Waals surface area contributed by atoms with Gasteiger partial charge in [0.25, 0.3) is 0 Å². The first-order chi connectivity index (χ1) is 7.72. The maximum Gasteiger partial charge on any atom is 0.161 e. The highest BCUT2D eigenvalue weighted by atomic mass is 16.6. The molecule has 0 radical (unpaired) electrons. The SMILES string of the molecule is CCC(C)C(O)C1COc2ccccc2O1. The van der Waals surface area contributed by atoms with E-state index in [4.69, 9.17) is 9.47 Å². The maximum atomic E-state index is 10.1. The van der Waals surface area contributed by atoms with Gasteiger partial charge in [-0.1, -0.05) is 32.4 Å². The van der Waals surface area contributed by atoms with E-state index in [9.17, 15) is 5.11 Å². The molecule has 0 spiro atoms. The highest BCUT2D eigenvalue weighted by Crippen LogP contribution is 2.32. The van der Waals surface area contributed by atoms with E-state index in [0.717, 1.165) is 17.9 Å². The van der Waals surface area contributed by atoms with Crippen molar-refractivity contribution in [3.8, 4) is 11.5 Å². The zero-order chi connectivity index (χ0) is 11.5. The lowest BCUT2D eigenvalue weighted by molar-refractivity contribution is -0.0354. The van der Waals surface area contributed by atoms with Crippen molar-refractivity contribution in [1.29, 1.82) is 0 Å². The summed E-state index contributed by atoms with van der Waals surface area (Å²) in [6.07, 6.45) is 0.200. The van der Waals surface area contributed by atoms with Crippen LogP contribution in [0.15, 0.2) is 24.3 Å². The van der Waals surface area contributed by atoms with Gasteiger partial charge in [0, 0.05) is 0 Å². The molecule has 3 nitrogen and oxygen atoms in total. The van der Waals surface area contributed by atoms with Crippen LogP contribution in [0.1, 0.15) is 20.3 Å². The van der Waals surface area contributed by atoms with Gasteiger partial charge in [-0.05, 0) is 18.1 Å². The maximum absolute atomic E-state index is 10.1. The topological polar surface area (TPSA) is 38.7 Å². The molecule has 1 aromatic carbocycles. The summed E-state index contributed by atoms with van der Waals surface area (Å²) in [6.45, 7) is 4.50. The van der Waals surface area contributed by atoms with Gasteiger partial charge in [0.1, 0.15) is 6.61 Å². The zero-order valence-corrected chi connectivity index (χ0v) is 9.72. The van der Waals surface area contributed by atoms with Gasteiger partial charge in [0.2, 0.25) is 0 Å². The summed E-state index contributed by atoms with van der Waals surface area (Å²) in [5, 5.41) is 10.1. The standard InChI is InChI=1S/C13H18O3/c1-3-9(2)13(14)12-8-15-10-6-4-5-7-11(10)16-12/h4-7,9,12-14H,3,8H2,1-2H3. The molecule has 88 valence electrons. The third kappa shape index (κ3) is 2.14. The van der Waals surface area contributed by atoms with Gasteiger partial charge in [-0.15, -0.1) is 0 Å². The van der Waals surface area contributed by atoms with Crippen molar-refractivity contribution >= 4 is 0 Å². The fourth-order valence-corrected chi connectivity index (χ4v) is 1.81. The van der Waals surface area contributed by atoms with Crippen molar-refractivity contribution in [3.05, 3.63) is 24.3 Å². The number of fused-ring (bicyclic) bond motifs is 1. The Bertz CT molecular complexity index is 351. The van der Waals surface area contributed by atoms with Gasteiger partial charge in [-0.25, -0.2) is 0 Å². The molecule has 0 saturated carbocycles. The Morgan fingerprint density at radius 3 is 2.75 bits per heavy atom. The number of rotatable bonds is 3. The second-order valence-corrected chi connectivity index (χ2v) is 4.29. The zero-order valence-electron chi connectivity index (χ0n) is 9.72. The van der Waals surface area contributed by atoms with E-state index in [0.29, 0.717) is 6.61 Å². The van der Waals surface area contributed by atoms with E-state index >= 15 is 0 Å². The van der Waals surface area contributed by atoms with Crippen LogP contribution in [-0.4, -0.2) is 23.9 Å². The summed E-state index contributed by atoms with van der Waals surface area (Å²) >= 11 is 0. The minimum absolute atomic E-state index is 0.221. The van der Waals surface area contributed by atoms with Gasteiger partial charge in [0.05, 0.1) is 6.10 Å². The van der Waals surface area contributed by atoms with E-state index in [1.807, 2.05) is 31.2 Å². The van der Waals surface area contributed by atoms with Crippen LogP contribution in [0, 0.1) is 5.92 Å². The van der Waals surface area contributed by atoms with E-state index in [2.05, 4.69) is 6.92 Å². The first kappa shape index (κ1) is 11.3. The van der Waals surface area contributed by atoms with Crippen LogP contribution in [0.25, 0.3) is 0 Å². The quantitative estimate of drug-likeness (QED) is 0.852. The van der Waals surface area contributed by atoms with Crippen LogP contribution in [0.3, 0.4) is 0 Å². The summed E-state index contributed by atoms with van der Waals surface area (Å²) in [5.41, 5.74) is 0. The number of hydrogen-bond donors (Lipinski definition) is 1. The molecule has 3 heteroatoms. The van der Waals surface area contributed by atoms with Crippen molar-refractivity contribution in [1.82, 2.24) is 0 Å². The fourth-order valence-electron chi connectivity index (χ4n) is 1.81. The summed E-state index contributed by atoms with van der Waals surface area (Å²) in [4.78, 5) is 0. The number of hydrogen-bond acceptors (Lipinski definition) is 3. The Balaban J connectivity index is 2.08. The molecule has 1 heterocycles. The Hall–Kier alpha value is -1.22. The van der Waals surface area contributed by atoms with E-state index < -0.39 is 6.10 Å². The van der Waals surface area contributed by atoms with E-state index in [1.165, 1.54) is 0 Å². The smallest absolute Gasteiger partial charge is 0.161 e. The van der Waals surface area contributed by atoms with Crippen molar-refractivity contribution in [2.24, 2.45) is 5.92 Å². The van der Waals surface area contributed by atoms with Crippen LogP contribution < -0.4 is 9.47 Å². The molecular weight excluding hydrogens is 204 g/mol. The molecule has 16 heavy (non-hydrogen) atoms. The van der Waals surface area contributed by atoms with Crippen LogP contribution in [0.4, 0.5) is 0 Å². The van der Waals surface area contributed by atoms with Crippen molar-refractivity contribution in [2.75, 3.05) is 6.61 Å². The van der Waals surface area contributed by atoms with Crippen LogP contribution >= 0.6 is 0 Å². The minimum Gasteiger partial charge on any atom is -0.486 e. The predicted molar refractivity (Wildman–Crippen MR) is 61.8 cm³/mol. The average Bonchev–Trinajstić information content (AvgIpc) is 2.36. The largest absolute Gasteiger partial charge is 0.486 e. The predicted octanol–water partition coefficient (Wildman–Crippen LogP) is 2.23. The van der Waals surface area contributed by atoms with Crippen molar-refractivity contribution in [3.63, 3.8) is 0 Å². The third-order valence-electron chi connectivity index (χ3n) is 3.14. The second-order valence-electron chi connectivity index (χ2n) is 4.29. The number of aliphatic hydroxyl groups excluding tert-OH is 1. The van der Waals surface area contributed by atoms with Crippen LogP contribution in [0.2, 0.25) is 0 Å². The molecule has 0 bridgehead atoms. The van der Waals surface area contributed by atoms with Gasteiger partial charge in [0.15, 0.2) is 17.6 Å². The minimum atomic E-state index is -0.474. The van der Waals surface area contributed by atoms with E-state index in [-0.39, 0.29) is 12.0 Å². The summed E-state index contributed by atoms with van der Waals surface area (Å²) < 4.78 is 11.3. The fraction of sp³-hybridized carbons (Fsp3) is 0.538. The lowest BCUT2D eigenvalue weighted by atomic mass is 9.97. The van der Waals surface area contributed by atoms with Gasteiger partial charge < -0.3 is 14.6 Å². The Morgan fingerprint density at radius 2 is 2.06 bits per heavy atom. The van der Waals surface area contributed by atoms with Crippen LogP contribution in [0.5, 0.6) is 11.5 Å². The molecule has 1 aromatic rings. The molecular formula is C13H18O3. The average molecular weight is 222 g/mol. The number of ether oxygens (including phenoxy) is 2. The molecule has 0 fully saturated rings. The van der Waals surface area contributed by atoms with Gasteiger partial charge in [-0.2, -0.15) is 0 Å². The molecule has 1 N–H and O–H groups in total. The summed E-state index contributed by atoms with van der Waals surface area (Å²) in [5.74, 6) is 1.70.